The molecule has 2 amide bonds. The van der Waals surface area contributed by atoms with Gasteiger partial charge in [0.2, 0.25) is 5.91 Å². The summed E-state index contributed by atoms with van der Waals surface area (Å²) in [7, 11) is 0. The molecule has 0 bridgehead atoms. The molecule has 2 atom stereocenters. The number of hydrogen-bond donors (Lipinski definition) is 3. The van der Waals surface area contributed by atoms with Crippen molar-refractivity contribution in [1.82, 2.24) is 10.6 Å². The number of nitrogens with one attached hydrogen (secondary N) is 2. The molecule has 3 N–H and O–H groups in total. The molecule has 0 saturated heterocycles. The average Bonchev–Trinajstić information content (AvgIpc) is 2.44. The van der Waals surface area contributed by atoms with Gasteiger partial charge in [-0.25, -0.2) is 0 Å². The Morgan fingerprint density at radius 1 is 1.30 bits per heavy atom. The van der Waals surface area contributed by atoms with Crippen LogP contribution in [0.1, 0.15) is 29.8 Å². The zero-order valence-corrected chi connectivity index (χ0v) is 12.1. The first kappa shape index (κ1) is 16.2. The fourth-order valence-electron chi connectivity index (χ4n) is 1.62. The van der Waals surface area contributed by atoms with Crippen LogP contribution in [0.4, 0.5) is 0 Å². The quantitative estimate of drug-likeness (QED) is 0.722. The number of rotatable bonds is 6. The first-order valence-electron chi connectivity index (χ1n) is 6.70. The second kappa shape index (κ2) is 7.65. The maximum atomic E-state index is 12.0. The van der Waals surface area contributed by atoms with Crippen molar-refractivity contribution in [3.05, 3.63) is 35.4 Å². The summed E-state index contributed by atoms with van der Waals surface area (Å²) in [5.41, 5.74) is 1.53. The van der Waals surface area contributed by atoms with Gasteiger partial charge in [-0.3, -0.25) is 9.59 Å². The number of aryl methyl sites for hydroxylation is 1. The smallest absolute Gasteiger partial charge is 0.251 e. The number of amides is 2. The normalized spacial score (nSPS) is 13.4. The molecule has 5 nitrogen and oxygen atoms in total. The molecular weight excluding hydrogens is 256 g/mol. The lowest BCUT2D eigenvalue weighted by Crippen LogP contribution is -2.46. The van der Waals surface area contributed by atoms with Gasteiger partial charge in [0.25, 0.3) is 5.91 Å². The van der Waals surface area contributed by atoms with Gasteiger partial charge in [0.1, 0.15) is 6.04 Å². The molecule has 0 fully saturated rings. The van der Waals surface area contributed by atoms with Crippen LogP contribution in [-0.4, -0.2) is 36.1 Å². The SMILES string of the molecule is Cc1cccc(C(=O)NC(C)C(=O)NCC(C)CO)c1. The monoisotopic (exact) mass is 278 g/mol. The van der Waals surface area contributed by atoms with E-state index in [4.69, 9.17) is 5.11 Å². The Kier molecular flexibility index (Phi) is 6.18. The zero-order valence-electron chi connectivity index (χ0n) is 12.1. The van der Waals surface area contributed by atoms with E-state index in [0.29, 0.717) is 12.1 Å². The van der Waals surface area contributed by atoms with Gasteiger partial charge in [-0.1, -0.05) is 24.6 Å². The predicted molar refractivity (Wildman–Crippen MR) is 77.4 cm³/mol. The summed E-state index contributed by atoms with van der Waals surface area (Å²) in [4.78, 5) is 23.8. The number of carbonyl (C=O) groups is 2. The summed E-state index contributed by atoms with van der Waals surface area (Å²) in [5.74, 6) is -0.531. The average molecular weight is 278 g/mol. The van der Waals surface area contributed by atoms with Crippen LogP contribution in [0.2, 0.25) is 0 Å². The second-order valence-electron chi connectivity index (χ2n) is 5.10. The Morgan fingerprint density at radius 3 is 2.60 bits per heavy atom. The van der Waals surface area contributed by atoms with Crippen LogP contribution in [0, 0.1) is 12.8 Å². The molecule has 1 rings (SSSR count). The molecule has 110 valence electrons. The van der Waals surface area contributed by atoms with Crippen molar-refractivity contribution in [1.29, 1.82) is 0 Å². The molecule has 0 aliphatic rings. The lowest BCUT2D eigenvalue weighted by atomic mass is 10.1. The molecule has 2 unspecified atom stereocenters. The van der Waals surface area contributed by atoms with Gasteiger partial charge >= 0.3 is 0 Å². The fourth-order valence-corrected chi connectivity index (χ4v) is 1.62. The second-order valence-corrected chi connectivity index (χ2v) is 5.10. The Balaban J connectivity index is 2.51. The number of aliphatic hydroxyl groups is 1. The number of aliphatic hydroxyl groups excluding tert-OH is 1. The van der Waals surface area contributed by atoms with E-state index in [9.17, 15) is 9.59 Å². The fraction of sp³-hybridized carbons (Fsp3) is 0.467. The van der Waals surface area contributed by atoms with E-state index < -0.39 is 6.04 Å². The lowest BCUT2D eigenvalue weighted by Gasteiger charge is -2.16. The van der Waals surface area contributed by atoms with Crippen LogP contribution in [-0.2, 0) is 4.79 Å². The van der Waals surface area contributed by atoms with Gasteiger partial charge in [0.05, 0.1) is 0 Å². The van der Waals surface area contributed by atoms with Crippen LogP contribution in [0.25, 0.3) is 0 Å². The minimum Gasteiger partial charge on any atom is -0.396 e. The molecule has 20 heavy (non-hydrogen) atoms. The Hall–Kier alpha value is -1.88. The maximum absolute atomic E-state index is 12.0. The summed E-state index contributed by atoms with van der Waals surface area (Å²) in [6.07, 6.45) is 0. The molecule has 0 spiro atoms. The number of benzene rings is 1. The lowest BCUT2D eigenvalue weighted by molar-refractivity contribution is -0.122. The Labute approximate surface area is 119 Å². The van der Waals surface area contributed by atoms with Crippen molar-refractivity contribution in [2.24, 2.45) is 5.92 Å². The van der Waals surface area contributed by atoms with Gasteiger partial charge in [0, 0.05) is 18.7 Å². The molecule has 1 aromatic carbocycles. The maximum Gasteiger partial charge on any atom is 0.251 e. The summed E-state index contributed by atoms with van der Waals surface area (Å²) < 4.78 is 0. The van der Waals surface area contributed by atoms with Gasteiger partial charge in [0.15, 0.2) is 0 Å². The minimum atomic E-state index is -0.617. The van der Waals surface area contributed by atoms with Gasteiger partial charge in [-0.15, -0.1) is 0 Å². The zero-order chi connectivity index (χ0) is 15.1. The highest BCUT2D eigenvalue weighted by molar-refractivity contribution is 5.97. The van der Waals surface area contributed by atoms with Crippen molar-refractivity contribution in [3.63, 3.8) is 0 Å². The summed E-state index contributed by atoms with van der Waals surface area (Å²) in [6, 6.07) is 6.57. The molecule has 0 aliphatic heterocycles. The molecule has 5 heteroatoms. The molecule has 1 aromatic rings. The molecule has 0 heterocycles. The molecule has 0 saturated carbocycles. The summed E-state index contributed by atoms with van der Waals surface area (Å²) in [6.45, 7) is 5.77. The molecular formula is C15H22N2O3. The third kappa shape index (κ3) is 5.01. The van der Waals surface area contributed by atoms with Crippen LogP contribution in [0.5, 0.6) is 0 Å². The number of hydrogen-bond acceptors (Lipinski definition) is 3. The van der Waals surface area contributed by atoms with E-state index in [1.807, 2.05) is 19.9 Å². The topological polar surface area (TPSA) is 78.4 Å². The highest BCUT2D eigenvalue weighted by Crippen LogP contribution is 2.04. The van der Waals surface area contributed by atoms with E-state index in [0.717, 1.165) is 5.56 Å². The van der Waals surface area contributed by atoms with Crippen LogP contribution < -0.4 is 10.6 Å². The summed E-state index contributed by atoms with van der Waals surface area (Å²) in [5, 5.41) is 14.2. The van der Waals surface area contributed by atoms with Crippen LogP contribution >= 0.6 is 0 Å². The first-order valence-corrected chi connectivity index (χ1v) is 6.70. The third-order valence-electron chi connectivity index (χ3n) is 2.96. The van der Waals surface area contributed by atoms with Crippen LogP contribution in [0.3, 0.4) is 0 Å². The summed E-state index contributed by atoms with van der Waals surface area (Å²) >= 11 is 0. The standard InChI is InChI=1S/C15H22N2O3/c1-10-5-4-6-13(7-10)15(20)17-12(3)14(19)16-8-11(2)9-18/h4-7,11-12,18H,8-9H2,1-3H3,(H,16,19)(H,17,20). The minimum absolute atomic E-state index is 0.00127. The third-order valence-corrected chi connectivity index (χ3v) is 2.96. The van der Waals surface area contributed by atoms with Gasteiger partial charge < -0.3 is 15.7 Å². The largest absolute Gasteiger partial charge is 0.396 e. The van der Waals surface area contributed by atoms with Crippen molar-refractivity contribution in [2.75, 3.05) is 13.2 Å². The van der Waals surface area contributed by atoms with Gasteiger partial charge in [-0.05, 0) is 31.9 Å². The Bertz CT molecular complexity index is 474. The highest BCUT2D eigenvalue weighted by atomic mass is 16.3. The highest BCUT2D eigenvalue weighted by Gasteiger charge is 2.16. The van der Waals surface area contributed by atoms with E-state index in [2.05, 4.69) is 10.6 Å². The molecule has 0 aromatic heterocycles. The van der Waals surface area contributed by atoms with Crippen LogP contribution in [0.15, 0.2) is 24.3 Å². The Morgan fingerprint density at radius 2 is 2.00 bits per heavy atom. The van der Waals surface area contributed by atoms with E-state index in [1.54, 1.807) is 25.1 Å². The first-order chi connectivity index (χ1) is 9.43. The number of carbonyl (C=O) groups excluding carboxylic acids is 2. The van der Waals surface area contributed by atoms with Crippen molar-refractivity contribution in [2.45, 2.75) is 26.8 Å². The van der Waals surface area contributed by atoms with E-state index in [1.165, 1.54) is 0 Å². The predicted octanol–water partition coefficient (Wildman–Crippen LogP) is 0.858. The molecule has 0 aliphatic carbocycles. The van der Waals surface area contributed by atoms with E-state index in [-0.39, 0.29) is 24.3 Å². The van der Waals surface area contributed by atoms with Crippen molar-refractivity contribution < 1.29 is 14.7 Å². The van der Waals surface area contributed by atoms with E-state index >= 15 is 0 Å². The van der Waals surface area contributed by atoms with Gasteiger partial charge in [-0.2, -0.15) is 0 Å². The molecule has 0 radical (unpaired) electrons. The van der Waals surface area contributed by atoms with Crippen molar-refractivity contribution >= 4 is 11.8 Å². The van der Waals surface area contributed by atoms with Crippen molar-refractivity contribution in [3.8, 4) is 0 Å².